The maximum Gasteiger partial charge on any atom is 0.0720 e. The van der Waals surface area contributed by atoms with E-state index in [4.69, 9.17) is 16.6 Å². The topological polar surface area (TPSA) is 24.9 Å². The van der Waals surface area contributed by atoms with Gasteiger partial charge in [0.25, 0.3) is 0 Å². The van der Waals surface area contributed by atoms with Gasteiger partial charge in [0.15, 0.2) is 0 Å². The van der Waals surface area contributed by atoms with E-state index in [2.05, 4.69) is 5.32 Å². The van der Waals surface area contributed by atoms with Gasteiger partial charge in [-0.05, 0) is 24.6 Å². The lowest BCUT2D eigenvalue weighted by molar-refractivity contribution is 0.708. The van der Waals surface area contributed by atoms with Gasteiger partial charge < -0.3 is 5.32 Å². The van der Waals surface area contributed by atoms with Crippen molar-refractivity contribution in [1.82, 2.24) is 10.3 Å². The third kappa shape index (κ3) is 2.72. The third-order valence-corrected chi connectivity index (χ3v) is 3.53. The quantitative estimate of drug-likeness (QED) is 0.807. The molecule has 0 fully saturated rings. The average Bonchev–Trinajstić information content (AvgIpc) is 2.55. The molecular formula is C13H15Cl3N2. The number of hydrogen-bond donors (Lipinski definition) is 1. The summed E-state index contributed by atoms with van der Waals surface area (Å²) in [7, 11) is 0. The number of rotatable bonds is 0. The molecule has 0 unspecified atom stereocenters. The van der Waals surface area contributed by atoms with Gasteiger partial charge in [0.05, 0.1) is 10.5 Å². The molecule has 1 N–H and O–H groups in total. The predicted octanol–water partition coefficient (Wildman–Crippen LogP) is 3.42. The molecule has 0 radical (unpaired) electrons. The molecule has 3 rings (SSSR count). The van der Waals surface area contributed by atoms with E-state index in [1.807, 2.05) is 24.3 Å². The van der Waals surface area contributed by atoms with Crippen molar-refractivity contribution < 1.29 is 0 Å². The van der Waals surface area contributed by atoms with Crippen LogP contribution in [-0.4, -0.2) is 18.1 Å². The second-order valence-corrected chi connectivity index (χ2v) is 4.50. The van der Waals surface area contributed by atoms with E-state index in [0.29, 0.717) is 0 Å². The first-order valence-electron chi connectivity index (χ1n) is 5.63. The van der Waals surface area contributed by atoms with Crippen LogP contribution >= 0.6 is 36.4 Å². The second-order valence-electron chi connectivity index (χ2n) is 4.12. The van der Waals surface area contributed by atoms with Gasteiger partial charge in [0, 0.05) is 24.0 Å². The molecule has 2 heterocycles. The number of aromatic nitrogens is 1. The SMILES string of the molecule is Cl.Cl.Clc1c2c(nc3ccccc13)CCNCC2. The Morgan fingerprint density at radius 1 is 1.06 bits per heavy atom. The van der Waals surface area contributed by atoms with E-state index in [1.54, 1.807) is 0 Å². The Morgan fingerprint density at radius 2 is 1.78 bits per heavy atom. The highest BCUT2D eigenvalue weighted by molar-refractivity contribution is 6.36. The normalized spacial score (nSPS) is 14.1. The Morgan fingerprint density at radius 3 is 2.61 bits per heavy atom. The summed E-state index contributed by atoms with van der Waals surface area (Å²) in [6, 6.07) is 8.09. The van der Waals surface area contributed by atoms with Crippen LogP contribution in [-0.2, 0) is 12.8 Å². The molecule has 0 amide bonds. The van der Waals surface area contributed by atoms with E-state index >= 15 is 0 Å². The summed E-state index contributed by atoms with van der Waals surface area (Å²) in [6.45, 7) is 1.99. The van der Waals surface area contributed by atoms with Crippen molar-refractivity contribution in [1.29, 1.82) is 0 Å². The highest BCUT2D eigenvalue weighted by Crippen LogP contribution is 2.29. The van der Waals surface area contributed by atoms with Crippen LogP contribution in [0.25, 0.3) is 10.9 Å². The molecule has 18 heavy (non-hydrogen) atoms. The van der Waals surface area contributed by atoms with Gasteiger partial charge in [-0.1, -0.05) is 29.8 Å². The number of pyridine rings is 1. The summed E-state index contributed by atoms with van der Waals surface area (Å²) in [4.78, 5) is 4.71. The molecule has 1 aromatic heterocycles. The minimum atomic E-state index is 0. The molecular weight excluding hydrogens is 291 g/mol. The van der Waals surface area contributed by atoms with Gasteiger partial charge in [0.2, 0.25) is 0 Å². The van der Waals surface area contributed by atoms with Crippen LogP contribution in [0.15, 0.2) is 24.3 Å². The van der Waals surface area contributed by atoms with Gasteiger partial charge in [-0.15, -0.1) is 24.8 Å². The number of fused-ring (bicyclic) bond motifs is 2. The smallest absolute Gasteiger partial charge is 0.0720 e. The van der Waals surface area contributed by atoms with Crippen molar-refractivity contribution in [3.05, 3.63) is 40.5 Å². The Hall–Kier alpha value is -0.540. The molecule has 0 aliphatic carbocycles. The number of nitrogens with one attached hydrogen (secondary N) is 1. The Kier molecular flexibility index (Phi) is 5.67. The minimum Gasteiger partial charge on any atom is -0.316 e. The summed E-state index contributed by atoms with van der Waals surface area (Å²) in [5, 5.41) is 5.34. The van der Waals surface area contributed by atoms with Gasteiger partial charge >= 0.3 is 0 Å². The van der Waals surface area contributed by atoms with Crippen LogP contribution in [0, 0.1) is 0 Å². The molecule has 0 spiro atoms. The van der Waals surface area contributed by atoms with Crippen molar-refractivity contribution in [2.45, 2.75) is 12.8 Å². The highest BCUT2D eigenvalue weighted by Gasteiger charge is 2.14. The molecule has 1 aromatic carbocycles. The number of nitrogens with zero attached hydrogens (tertiary/aromatic N) is 1. The zero-order valence-corrected chi connectivity index (χ0v) is 12.2. The fourth-order valence-corrected chi connectivity index (χ4v) is 2.63. The van der Waals surface area contributed by atoms with Crippen molar-refractivity contribution in [2.24, 2.45) is 0 Å². The van der Waals surface area contributed by atoms with Crippen molar-refractivity contribution in [2.75, 3.05) is 13.1 Å². The van der Waals surface area contributed by atoms with Gasteiger partial charge in [-0.3, -0.25) is 4.98 Å². The third-order valence-electron chi connectivity index (χ3n) is 3.10. The standard InChI is InChI=1S/C13H13ClN2.2ClH/c14-13-9-3-1-2-4-11(9)16-12-6-8-15-7-5-10(12)13;;/h1-4,15H,5-8H2;2*1H. The lowest BCUT2D eigenvalue weighted by atomic mass is 10.1. The van der Waals surface area contributed by atoms with Gasteiger partial charge in [-0.2, -0.15) is 0 Å². The van der Waals surface area contributed by atoms with Crippen LogP contribution in [0.5, 0.6) is 0 Å². The van der Waals surface area contributed by atoms with Crippen molar-refractivity contribution in [3.8, 4) is 0 Å². The number of hydrogen-bond acceptors (Lipinski definition) is 2. The Balaban J connectivity index is 0.000000810. The molecule has 1 aliphatic heterocycles. The first-order chi connectivity index (χ1) is 7.86. The molecule has 0 saturated carbocycles. The molecule has 0 bridgehead atoms. The lowest BCUT2D eigenvalue weighted by Crippen LogP contribution is -2.16. The van der Waals surface area contributed by atoms with Crippen molar-refractivity contribution in [3.63, 3.8) is 0 Å². The molecule has 1 aliphatic rings. The molecule has 2 aromatic rings. The van der Waals surface area contributed by atoms with Gasteiger partial charge in [-0.25, -0.2) is 0 Å². The van der Waals surface area contributed by atoms with E-state index in [9.17, 15) is 0 Å². The van der Waals surface area contributed by atoms with Crippen molar-refractivity contribution >= 4 is 47.3 Å². The Labute approximate surface area is 124 Å². The maximum atomic E-state index is 6.46. The van der Waals surface area contributed by atoms with Crippen LogP contribution < -0.4 is 5.32 Å². The monoisotopic (exact) mass is 304 g/mol. The molecule has 5 heteroatoms. The summed E-state index contributed by atoms with van der Waals surface area (Å²) < 4.78 is 0. The first-order valence-corrected chi connectivity index (χ1v) is 6.01. The van der Waals surface area contributed by atoms with E-state index in [1.165, 1.54) is 5.56 Å². The van der Waals surface area contributed by atoms with Crippen LogP contribution in [0.4, 0.5) is 0 Å². The molecule has 0 atom stereocenters. The fourth-order valence-electron chi connectivity index (χ4n) is 2.26. The zero-order chi connectivity index (χ0) is 11.0. The number of halogens is 3. The second kappa shape index (κ2) is 6.58. The van der Waals surface area contributed by atoms with Gasteiger partial charge in [0.1, 0.15) is 0 Å². The van der Waals surface area contributed by atoms with E-state index in [0.717, 1.165) is 47.6 Å². The van der Waals surface area contributed by atoms with Crippen LogP contribution in [0.2, 0.25) is 5.02 Å². The molecule has 98 valence electrons. The predicted molar refractivity (Wildman–Crippen MR) is 81.5 cm³/mol. The van der Waals surface area contributed by atoms with E-state index in [-0.39, 0.29) is 24.8 Å². The molecule has 2 nitrogen and oxygen atoms in total. The minimum absolute atomic E-state index is 0. The summed E-state index contributed by atoms with van der Waals surface area (Å²) in [5.41, 5.74) is 3.40. The van der Waals surface area contributed by atoms with Crippen LogP contribution in [0.3, 0.4) is 0 Å². The zero-order valence-electron chi connectivity index (χ0n) is 9.78. The number of benzene rings is 1. The summed E-state index contributed by atoms with van der Waals surface area (Å²) in [5.74, 6) is 0. The fraction of sp³-hybridized carbons (Fsp3) is 0.308. The first kappa shape index (κ1) is 15.5. The largest absolute Gasteiger partial charge is 0.316 e. The average molecular weight is 306 g/mol. The molecule has 0 saturated heterocycles. The summed E-state index contributed by atoms with van der Waals surface area (Å²) in [6.07, 6.45) is 1.95. The maximum absolute atomic E-state index is 6.46. The lowest BCUT2D eigenvalue weighted by Gasteiger charge is -2.09. The highest BCUT2D eigenvalue weighted by atomic mass is 35.5. The summed E-state index contributed by atoms with van der Waals surface area (Å²) >= 11 is 6.46. The number of para-hydroxylation sites is 1. The Bertz CT molecular complexity index is 543. The van der Waals surface area contributed by atoms with Crippen LogP contribution in [0.1, 0.15) is 11.3 Å². The van der Waals surface area contributed by atoms with E-state index < -0.39 is 0 Å².